The first kappa shape index (κ1) is 18.9. The van der Waals surface area contributed by atoms with E-state index in [1.807, 2.05) is 0 Å². The van der Waals surface area contributed by atoms with Gasteiger partial charge in [0.25, 0.3) is 0 Å². The van der Waals surface area contributed by atoms with Crippen LogP contribution in [0, 0.1) is 34.5 Å². The molecule has 0 amide bonds. The molecule has 5 rings (SSSR count). The number of rotatable bonds is 3. The highest BCUT2D eigenvalue weighted by Gasteiger charge is 2.58. The van der Waals surface area contributed by atoms with E-state index in [0.29, 0.717) is 17.8 Å². The Morgan fingerprint density at radius 3 is 2.57 bits per heavy atom. The summed E-state index contributed by atoms with van der Waals surface area (Å²) in [6.07, 6.45) is 12.7. The molecule has 0 unspecified atom stereocenters. The molecular weight excluding hydrogens is 372 g/mol. The smallest absolute Gasteiger partial charge is 0.309 e. The van der Waals surface area contributed by atoms with Gasteiger partial charge in [0.15, 0.2) is 0 Å². The number of hydrogen-bond donors (Lipinski definition) is 0. The van der Waals surface area contributed by atoms with Crippen LogP contribution in [0.1, 0.15) is 71.6 Å². The summed E-state index contributed by atoms with van der Waals surface area (Å²) in [7, 11) is 0. The fourth-order valence-electron chi connectivity index (χ4n) is 7.07. The molecule has 0 aromatic heterocycles. The van der Waals surface area contributed by atoms with Gasteiger partial charge < -0.3 is 4.74 Å². The van der Waals surface area contributed by atoms with Gasteiger partial charge in [-0.25, -0.2) is 0 Å². The second-order valence-electron chi connectivity index (χ2n) is 10.5. The number of ether oxygens (including phenoxy) is 1. The third-order valence-corrected chi connectivity index (χ3v) is 9.68. The first-order chi connectivity index (χ1) is 13.4. The molecule has 5 aliphatic carbocycles. The molecule has 3 saturated carbocycles. The number of carbonyl (C=O) groups is 2. The number of fused-ring (bicyclic) bond motifs is 5. The molecule has 0 N–H and O–H groups in total. The van der Waals surface area contributed by atoms with E-state index in [-0.39, 0.29) is 28.8 Å². The highest BCUT2D eigenvalue weighted by atomic mass is 35.5. The molecular formula is C24H31ClO3. The van der Waals surface area contributed by atoms with Crippen LogP contribution in [0.5, 0.6) is 0 Å². The van der Waals surface area contributed by atoms with Crippen LogP contribution in [-0.4, -0.2) is 18.4 Å². The number of allylic oxidation sites excluding steroid dienone is 3. The molecule has 6 atom stereocenters. The van der Waals surface area contributed by atoms with Crippen molar-refractivity contribution in [3.05, 3.63) is 22.3 Å². The van der Waals surface area contributed by atoms with Gasteiger partial charge >= 0.3 is 5.97 Å². The van der Waals surface area contributed by atoms with Crippen molar-refractivity contribution in [1.29, 1.82) is 0 Å². The average molecular weight is 403 g/mol. The van der Waals surface area contributed by atoms with E-state index in [4.69, 9.17) is 16.3 Å². The minimum atomic E-state index is -0.0162. The maximum Gasteiger partial charge on any atom is 0.309 e. The number of aldehydes is 1. The highest BCUT2D eigenvalue weighted by molar-refractivity contribution is 6.32. The highest BCUT2D eigenvalue weighted by Crippen LogP contribution is 2.66. The summed E-state index contributed by atoms with van der Waals surface area (Å²) in [5, 5.41) is 0.835. The molecule has 0 spiro atoms. The Balaban J connectivity index is 1.36. The van der Waals surface area contributed by atoms with Gasteiger partial charge in [-0.1, -0.05) is 37.1 Å². The predicted molar refractivity (Wildman–Crippen MR) is 109 cm³/mol. The average Bonchev–Trinajstić information content (AvgIpc) is 3.49. The third kappa shape index (κ3) is 2.68. The Morgan fingerprint density at radius 2 is 1.86 bits per heavy atom. The number of carbonyl (C=O) groups excluding carboxylic acids is 2. The molecule has 0 aromatic rings. The topological polar surface area (TPSA) is 43.4 Å². The van der Waals surface area contributed by atoms with Gasteiger partial charge in [-0.05, 0) is 74.5 Å². The Morgan fingerprint density at radius 1 is 1.11 bits per heavy atom. The Kier molecular flexibility index (Phi) is 4.36. The lowest BCUT2D eigenvalue weighted by Gasteiger charge is -2.57. The van der Waals surface area contributed by atoms with Crippen molar-refractivity contribution < 1.29 is 14.3 Å². The SMILES string of the molecule is C[C@]12CC[C@H](OC(=O)C3CC3)CC1=CC[C@@H]1[C@@H]2CC[C@]2(C)C(Cl)=C(C=O)C[C@@H]12. The van der Waals surface area contributed by atoms with E-state index in [1.54, 1.807) is 0 Å². The molecule has 3 fully saturated rings. The summed E-state index contributed by atoms with van der Waals surface area (Å²) in [6, 6.07) is 0. The van der Waals surface area contributed by atoms with Crippen LogP contribution in [0.4, 0.5) is 0 Å². The zero-order valence-corrected chi connectivity index (χ0v) is 17.8. The number of hydrogen-bond acceptors (Lipinski definition) is 3. The van der Waals surface area contributed by atoms with Gasteiger partial charge in [-0.15, -0.1) is 0 Å². The lowest BCUT2D eigenvalue weighted by atomic mass is 9.48. The summed E-state index contributed by atoms with van der Waals surface area (Å²) in [5.41, 5.74) is 2.55. The Hall–Kier alpha value is -1.09. The van der Waals surface area contributed by atoms with Gasteiger partial charge in [0, 0.05) is 22.4 Å². The predicted octanol–water partition coefficient (Wildman–Crippen LogP) is 5.57. The maximum absolute atomic E-state index is 12.1. The minimum Gasteiger partial charge on any atom is -0.462 e. The van der Waals surface area contributed by atoms with Crippen LogP contribution in [0.3, 0.4) is 0 Å². The molecule has 4 heteroatoms. The fraction of sp³-hybridized carbons (Fsp3) is 0.750. The monoisotopic (exact) mass is 402 g/mol. The van der Waals surface area contributed by atoms with Gasteiger partial charge in [0.05, 0.1) is 5.92 Å². The lowest BCUT2D eigenvalue weighted by molar-refractivity contribution is -0.153. The Bertz CT molecular complexity index is 779. The number of esters is 1. The van der Waals surface area contributed by atoms with Gasteiger partial charge in [-0.3, -0.25) is 9.59 Å². The summed E-state index contributed by atoms with van der Waals surface area (Å²) in [6.45, 7) is 4.73. The number of halogens is 1. The van der Waals surface area contributed by atoms with Crippen molar-refractivity contribution in [2.45, 2.75) is 77.7 Å². The van der Waals surface area contributed by atoms with Crippen molar-refractivity contribution in [3.8, 4) is 0 Å². The maximum atomic E-state index is 12.1. The van der Waals surface area contributed by atoms with Crippen molar-refractivity contribution >= 4 is 23.9 Å². The molecule has 0 saturated heterocycles. The van der Waals surface area contributed by atoms with E-state index in [1.165, 1.54) is 12.0 Å². The van der Waals surface area contributed by atoms with Crippen LogP contribution >= 0.6 is 11.6 Å². The quantitative estimate of drug-likeness (QED) is 0.352. The van der Waals surface area contributed by atoms with Crippen LogP contribution < -0.4 is 0 Å². The van der Waals surface area contributed by atoms with E-state index < -0.39 is 0 Å². The lowest BCUT2D eigenvalue weighted by Crippen LogP contribution is -2.50. The van der Waals surface area contributed by atoms with Crippen LogP contribution in [0.15, 0.2) is 22.3 Å². The van der Waals surface area contributed by atoms with E-state index in [2.05, 4.69) is 19.9 Å². The molecule has 0 radical (unpaired) electrons. The van der Waals surface area contributed by atoms with Crippen molar-refractivity contribution in [1.82, 2.24) is 0 Å². The zero-order valence-electron chi connectivity index (χ0n) is 17.0. The van der Waals surface area contributed by atoms with Gasteiger partial charge in [-0.2, -0.15) is 0 Å². The van der Waals surface area contributed by atoms with E-state index in [9.17, 15) is 9.59 Å². The van der Waals surface area contributed by atoms with E-state index in [0.717, 1.165) is 68.3 Å². The van der Waals surface area contributed by atoms with Crippen molar-refractivity contribution in [2.24, 2.45) is 34.5 Å². The first-order valence-corrected chi connectivity index (χ1v) is 11.5. The molecule has 0 aliphatic heterocycles. The summed E-state index contributed by atoms with van der Waals surface area (Å²) < 4.78 is 5.83. The molecule has 152 valence electrons. The minimum absolute atomic E-state index is 0.0162. The second-order valence-corrected chi connectivity index (χ2v) is 10.8. The van der Waals surface area contributed by atoms with Crippen molar-refractivity contribution in [2.75, 3.05) is 0 Å². The molecule has 5 aliphatic rings. The van der Waals surface area contributed by atoms with E-state index >= 15 is 0 Å². The summed E-state index contributed by atoms with van der Waals surface area (Å²) in [5.74, 6) is 1.95. The molecule has 28 heavy (non-hydrogen) atoms. The first-order valence-electron chi connectivity index (χ1n) is 11.1. The summed E-state index contributed by atoms with van der Waals surface area (Å²) >= 11 is 6.68. The van der Waals surface area contributed by atoms with Crippen LogP contribution in [0.25, 0.3) is 0 Å². The molecule has 0 bridgehead atoms. The largest absolute Gasteiger partial charge is 0.462 e. The molecule has 0 aromatic carbocycles. The standard InChI is InChI=1S/C24H31ClO3/c1-23-9-7-17(28-22(27)14-3-4-14)12-16(23)5-6-18-19(23)8-10-24(2)20(18)11-15(13-26)21(24)25/h5,13-14,17-20H,3-4,6-12H2,1-2H3/t17-,18+,19-,20-,23-,24-/m0/s1. The van der Waals surface area contributed by atoms with Gasteiger partial charge in [0.1, 0.15) is 12.4 Å². The van der Waals surface area contributed by atoms with Crippen LogP contribution in [-0.2, 0) is 14.3 Å². The van der Waals surface area contributed by atoms with Crippen LogP contribution in [0.2, 0.25) is 0 Å². The molecule has 3 nitrogen and oxygen atoms in total. The van der Waals surface area contributed by atoms with Crippen molar-refractivity contribution in [3.63, 3.8) is 0 Å². The van der Waals surface area contributed by atoms with Gasteiger partial charge in [0.2, 0.25) is 0 Å². The second kappa shape index (κ2) is 6.45. The Labute approximate surface area is 172 Å². The zero-order chi connectivity index (χ0) is 19.7. The molecule has 0 heterocycles. The normalized spacial score (nSPS) is 44.9. The third-order valence-electron chi connectivity index (χ3n) is 9.01. The fourth-order valence-corrected chi connectivity index (χ4v) is 7.43. The summed E-state index contributed by atoms with van der Waals surface area (Å²) in [4.78, 5) is 23.6.